The van der Waals surface area contributed by atoms with Gasteiger partial charge in [0, 0.05) is 37.5 Å². The Hall–Kier alpha value is -1.26. The molecule has 0 aromatic heterocycles. The molecule has 96 valence electrons. The summed E-state index contributed by atoms with van der Waals surface area (Å²) in [6.45, 7) is 9.16. The van der Waals surface area contributed by atoms with E-state index in [-0.39, 0.29) is 11.8 Å². The molecule has 1 rings (SSSR count). The lowest BCUT2D eigenvalue weighted by Gasteiger charge is -2.22. The summed E-state index contributed by atoms with van der Waals surface area (Å²) < 4.78 is 0. The van der Waals surface area contributed by atoms with Gasteiger partial charge >= 0.3 is 0 Å². The van der Waals surface area contributed by atoms with Crippen molar-refractivity contribution in [2.75, 3.05) is 39.3 Å². The maximum absolute atomic E-state index is 11.7. The fraction of sp³-hybridized carbons (Fsp3) is 0.909. The number of rotatable bonds is 7. The van der Waals surface area contributed by atoms with Gasteiger partial charge in [0.15, 0.2) is 0 Å². The van der Waals surface area contributed by atoms with E-state index >= 15 is 0 Å². The molecule has 0 saturated carbocycles. The first-order valence-corrected chi connectivity index (χ1v) is 6.22. The molecule has 0 radical (unpaired) electrons. The number of hydrogen-bond acceptors (Lipinski definition) is 3. The number of carbonyl (C=O) groups excluding carboxylic acids is 1. The molecule has 6 nitrogen and oxygen atoms in total. The quantitative estimate of drug-likeness (QED) is 0.383. The molecule has 0 N–H and O–H groups in total. The maximum atomic E-state index is 11.7. The van der Waals surface area contributed by atoms with Gasteiger partial charge in [-0.15, -0.1) is 0 Å². The number of azide groups is 1. The van der Waals surface area contributed by atoms with E-state index in [1.165, 1.54) is 0 Å². The lowest BCUT2D eigenvalue weighted by Crippen LogP contribution is -2.36. The topological polar surface area (TPSA) is 72.3 Å². The second-order valence-electron chi connectivity index (χ2n) is 4.35. The fourth-order valence-corrected chi connectivity index (χ4v) is 2.15. The zero-order chi connectivity index (χ0) is 12.7. The smallest absolute Gasteiger partial charge is 0.222 e. The van der Waals surface area contributed by atoms with Crippen molar-refractivity contribution in [3.63, 3.8) is 0 Å². The Balaban J connectivity index is 2.34. The molecule has 0 spiro atoms. The third-order valence-electron chi connectivity index (χ3n) is 3.28. The first kappa shape index (κ1) is 13.8. The molecule has 6 heteroatoms. The van der Waals surface area contributed by atoms with Gasteiger partial charge in [0.05, 0.1) is 0 Å². The van der Waals surface area contributed by atoms with Crippen LogP contribution in [0.15, 0.2) is 5.11 Å². The van der Waals surface area contributed by atoms with E-state index in [1.54, 1.807) is 0 Å². The Morgan fingerprint density at radius 3 is 2.82 bits per heavy atom. The van der Waals surface area contributed by atoms with E-state index in [0.717, 1.165) is 32.7 Å². The normalized spacial score (nSPS) is 19.8. The number of likely N-dealkylation sites (N-methyl/N-ethyl adjacent to an activating group) is 1. The summed E-state index contributed by atoms with van der Waals surface area (Å²) in [5, 5.41) is 3.54. The van der Waals surface area contributed by atoms with Gasteiger partial charge in [-0.25, -0.2) is 0 Å². The average Bonchev–Trinajstić information content (AvgIpc) is 2.69. The van der Waals surface area contributed by atoms with Crippen LogP contribution in [0.4, 0.5) is 0 Å². The van der Waals surface area contributed by atoms with Gasteiger partial charge in [-0.3, -0.25) is 4.79 Å². The van der Waals surface area contributed by atoms with Crippen molar-refractivity contribution in [1.82, 2.24) is 9.80 Å². The van der Waals surface area contributed by atoms with Gasteiger partial charge in [-0.05, 0) is 24.5 Å². The minimum Gasteiger partial charge on any atom is -0.341 e. The van der Waals surface area contributed by atoms with Crippen LogP contribution in [0, 0.1) is 5.92 Å². The van der Waals surface area contributed by atoms with Crippen molar-refractivity contribution in [3.05, 3.63) is 10.4 Å². The number of nitrogens with zero attached hydrogens (tertiary/aromatic N) is 5. The van der Waals surface area contributed by atoms with Crippen LogP contribution in [0.25, 0.3) is 10.4 Å². The summed E-state index contributed by atoms with van der Waals surface area (Å²) in [6, 6.07) is 0. The van der Waals surface area contributed by atoms with Crippen LogP contribution in [0.1, 0.15) is 20.3 Å². The third-order valence-corrected chi connectivity index (χ3v) is 3.28. The Morgan fingerprint density at radius 1 is 1.53 bits per heavy atom. The summed E-state index contributed by atoms with van der Waals surface area (Å²) in [7, 11) is 0. The Bertz CT molecular complexity index is 296. The highest BCUT2D eigenvalue weighted by molar-refractivity contribution is 5.78. The molecule has 1 fully saturated rings. The van der Waals surface area contributed by atoms with Gasteiger partial charge in [0.2, 0.25) is 5.91 Å². The molecule has 17 heavy (non-hydrogen) atoms. The van der Waals surface area contributed by atoms with Crippen LogP contribution in [0.5, 0.6) is 0 Å². The lowest BCUT2D eigenvalue weighted by atomic mass is 10.1. The van der Waals surface area contributed by atoms with Crippen molar-refractivity contribution in [2.45, 2.75) is 20.3 Å². The summed E-state index contributed by atoms with van der Waals surface area (Å²) in [5.74, 6) is 0.394. The number of hydrogen-bond donors (Lipinski definition) is 0. The van der Waals surface area contributed by atoms with E-state index in [1.807, 2.05) is 4.90 Å². The molecule has 1 heterocycles. The van der Waals surface area contributed by atoms with Crippen LogP contribution < -0.4 is 0 Å². The zero-order valence-corrected chi connectivity index (χ0v) is 10.7. The number of likely N-dealkylation sites (tertiary alicyclic amines) is 1. The minimum absolute atomic E-state index is 0.190. The standard InChI is InChI=1S/C11H21N5O/c1-3-15(4-2)5-6-16-9-10(7-11(16)17)8-13-14-12/h10H,3-9H2,1-2H3. The zero-order valence-electron chi connectivity index (χ0n) is 10.7. The van der Waals surface area contributed by atoms with Crippen LogP contribution in [-0.2, 0) is 4.79 Å². The molecule has 1 aliphatic heterocycles. The predicted molar refractivity (Wildman–Crippen MR) is 66.5 cm³/mol. The fourth-order valence-electron chi connectivity index (χ4n) is 2.15. The molecule has 1 amide bonds. The van der Waals surface area contributed by atoms with E-state index in [9.17, 15) is 4.79 Å². The number of amides is 1. The monoisotopic (exact) mass is 239 g/mol. The summed E-state index contributed by atoms with van der Waals surface area (Å²) in [5.41, 5.74) is 8.25. The first-order chi connectivity index (χ1) is 8.21. The average molecular weight is 239 g/mol. The molecule has 1 saturated heterocycles. The van der Waals surface area contributed by atoms with Crippen LogP contribution in [-0.4, -0.2) is 55.0 Å². The second-order valence-corrected chi connectivity index (χ2v) is 4.35. The van der Waals surface area contributed by atoms with E-state index in [0.29, 0.717) is 13.0 Å². The Labute approximate surface area is 102 Å². The van der Waals surface area contributed by atoms with E-state index in [2.05, 4.69) is 28.8 Å². The number of carbonyl (C=O) groups is 1. The van der Waals surface area contributed by atoms with Gasteiger partial charge in [-0.2, -0.15) is 0 Å². The van der Waals surface area contributed by atoms with Gasteiger partial charge in [0.25, 0.3) is 0 Å². The molecule has 0 bridgehead atoms. The highest BCUT2D eigenvalue weighted by Crippen LogP contribution is 2.17. The SMILES string of the molecule is CCN(CC)CCN1CC(CN=[N+]=[N-])CC1=O. The summed E-state index contributed by atoms with van der Waals surface area (Å²) in [4.78, 5) is 18.6. The first-order valence-electron chi connectivity index (χ1n) is 6.22. The molecule has 0 aromatic rings. The highest BCUT2D eigenvalue weighted by Gasteiger charge is 2.28. The largest absolute Gasteiger partial charge is 0.341 e. The molecular weight excluding hydrogens is 218 g/mol. The summed E-state index contributed by atoms with van der Waals surface area (Å²) >= 11 is 0. The Morgan fingerprint density at radius 2 is 2.24 bits per heavy atom. The third kappa shape index (κ3) is 4.24. The van der Waals surface area contributed by atoms with Crippen LogP contribution in [0.2, 0.25) is 0 Å². The van der Waals surface area contributed by atoms with Crippen molar-refractivity contribution < 1.29 is 4.79 Å². The molecule has 1 atom stereocenters. The Kier molecular flexibility index (Phi) is 5.80. The van der Waals surface area contributed by atoms with E-state index in [4.69, 9.17) is 5.53 Å². The molecule has 1 aliphatic rings. The highest BCUT2D eigenvalue weighted by atomic mass is 16.2. The lowest BCUT2D eigenvalue weighted by molar-refractivity contribution is -0.127. The predicted octanol–water partition coefficient (Wildman–Crippen LogP) is 1.49. The van der Waals surface area contributed by atoms with Gasteiger partial charge < -0.3 is 9.80 Å². The van der Waals surface area contributed by atoms with Crippen LogP contribution in [0.3, 0.4) is 0 Å². The van der Waals surface area contributed by atoms with Crippen molar-refractivity contribution >= 4 is 5.91 Å². The van der Waals surface area contributed by atoms with Gasteiger partial charge in [-0.1, -0.05) is 19.0 Å². The van der Waals surface area contributed by atoms with E-state index < -0.39 is 0 Å². The van der Waals surface area contributed by atoms with Crippen LogP contribution >= 0.6 is 0 Å². The van der Waals surface area contributed by atoms with Crippen molar-refractivity contribution in [3.8, 4) is 0 Å². The molecular formula is C11H21N5O. The molecule has 0 aliphatic carbocycles. The van der Waals surface area contributed by atoms with Gasteiger partial charge in [0.1, 0.15) is 0 Å². The summed E-state index contributed by atoms with van der Waals surface area (Å²) in [6.07, 6.45) is 0.525. The minimum atomic E-state index is 0.190. The molecule has 0 aromatic carbocycles. The van der Waals surface area contributed by atoms with Crippen molar-refractivity contribution in [2.24, 2.45) is 11.0 Å². The van der Waals surface area contributed by atoms with Crippen molar-refractivity contribution in [1.29, 1.82) is 0 Å². The maximum Gasteiger partial charge on any atom is 0.222 e. The molecule has 1 unspecified atom stereocenters. The second kappa shape index (κ2) is 7.14.